The smallest absolute Gasteiger partial charge is 0.0236 e. The van der Waals surface area contributed by atoms with Crippen molar-refractivity contribution in [3.8, 4) is 0 Å². The molecular formula is C17H30N2. The second-order valence-corrected chi connectivity index (χ2v) is 6.81. The van der Waals surface area contributed by atoms with Gasteiger partial charge in [-0.2, -0.15) is 0 Å². The van der Waals surface area contributed by atoms with Gasteiger partial charge in [-0.15, -0.1) is 0 Å². The molecule has 108 valence electrons. The maximum absolute atomic E-state index is 6.27. The molecule has 0 fully saturated rings. The molecule has 0 aliphatic heterocycles. The Morgan fingerprint density at radius 2 is 1.68 bits per heavy atom. The van der Waals surface area contributed by atoms with Crippen LogP contribution in [0.25, 0.3) is 0 Å². The lowest BCUT2D eigenvalue weighted by molar-refractivity contribution is 0.186. The van der Waals surface area contributed by atoms with Gasteiger partial charge in [0.1, 0.15) is 0 Å². The van der Waals surface area contributed by atoms with Crippen LogP contribution < -0.4 is 5.73 Å². The van der Waals surface area contributed by atoms with E-state index in [2.05, 4.69) is 69.9 Å². The summed E-state index contributed by atoms with van der Waals surface area (Å²) in [7, 11) is 0. The van der Waals surface area contributed by atoms with Gasteiger partial charge in [0.05, 0.1) is 0 Å². The minimum Gasteiger partial charge on any atom is -0.327 e. The summed E-state index contributed by atoms with van der Waals surface area (Å²) in [6, 6.07) is 11.5. The number of nitrogens with zero attached hydrogens (tertiary/aromatic N) is 1. The van der Waals surface area contributed by atoms with Crippen molar-refractivity contribution in [2.24, 2.45) is 11.1 Å². The fourth-order valence-electron chi connectivity index (χ4n) is 2.08. The summed E-state index contributed by atoms with van der Waals surface area (Å²) in [4.78, 5) is 2.50. The zero-order chi connectivity index (χ0) is 14.5. The topological polar surface area (TPSA) is 29.3 Å². The fraction of sp³-hybridized carbons (Fsp3) is 0.647. The maximum atomic E-state index is 6.27. The normalized spacial score (nSPS) is 14.1. The zero-order valence-corrected chi connectivity index (χ0v) is 13.2. The average Bonchev–Trinajstić information content (AvgIpc) is 2.33. The molecule has 0 saturated heterocycles. The molecule has 0 aromatic heterocycles. The lowest BCUT2D eigenvalue weighted by Gasteiger charge is -2.32. The predicted octanol–water partition coefficient (Wildman–Crippen LogP) is 3.66. The van der Waals surface area contributed by atoms with Gasteiger partial charge in [-0.3, -0.25) is 4.90 Å². The monoisotopic (exact) mass is 262 g/mol. The summed E-state index contributed by atoms with van der Waals surface area (Å²) < 4.78 is 0. The van der Waals surface area contributed by atoms with Crippen LogP contribution in [0.5, 0.6) is 0 Å². The molecule has 0 aliphatic carbocycles. The van der Waals surface area contributed by atoms with Gasteiger partial charge in [-0.1, -0.05) is 51.1 Å². The molecule has 0 spiro atoms. The standard InChI is InChI=1S/C17H30N2/c1-14(2)19(12-11-16(18)17(3,4)5)13-15-9-7-6-8-10-15/h6-10,14,16H,11-13,18H2,1-5H3. The number of benzene rings is 1. The van der Waals surface area contributed by atoms with Crippen molar-refractivity contribution in [1.82, 2.24) is 4.90 Å². The van der Waals surface area contributed by atoms with E-state index < -0.39 is 0 Å². The number of rotatable bonds is 6. The number of hydrogen-bond acceptors (Lipinski definition) is 2. The van der Waals surface area contributed by atoms with Crippen molar-refractivity contribution < 1.29 is 0 Å². The molecule has 0 heterocycles. The molecule has 0 bridgehead atoms. The van der Waals surface area contributed by atoms with Crippen LogP contribution in [0.15, 0.2) is 30.3 Å². The first-order valence-electron chi connectivity index (χ1n) is 7.34. The molecule has 0 saturated carbocycles. The Labute approximate surface area is 119 Å². The van der Waals surface area contributed by atoms with Gasteiger partial charge in [0.15, 0.2) is 0 Å². The van der Waals surface area contributed by atoms with E-state index >= 15 is 0 Å². The molecule has 1 unspecified atom stereocenters. The first-order valence-corrected chi connectivity index (χ1v) is 7.34. The summed E-state index contributed by atoms with van der Waals surface area (Å²) in [5.41, 5.74) is 7.83. The Bertz CT molecular complexity index is 351. The highest BCUT2D eigenvalue weighted by Crippen LogP contribution is 2.20. The van der Waals surface area contributed by atoms with Crippen LogP contribution in [0.3, 0.4) is 0 Å². The molecule has 0 amide bonds. The molecule has 2 heteroatoms. The van der Waals surface area contributed by atoms with Gasteiger partial charge >= 0.3 is 0 Å². The van der Waals surface area contributed by atoms with Gasteiger partial charge in [-0.05, 0) is 31.2 Å². The SMILES string of the molecule is CC(C)N(CCC(N)C(C)(C)C)Cc1ccccc1. The van der Waals surface area contributed by atoms with Crippen LogP contribution in [0.1, 0.15) is 46.6 Å². The Morgan fingerprint density at radius 1 is 1.11 bits per heavy atom. The average molecular weight is 262 g/mol. The van der Waals surface area contributed by atoms with Gasteiger partial charge in [0, 0.05) is 25.2 Å². The molecule has 2 nitrogen and oxygen atoms in total. The van der Waals surface area contributed by atoms with Crippen molar-refractivity contribution in [3.05, 3.63) is 35.9 Å². The van der Waals surface area contributed by atoms with E-state index in [1.165, 1.54) is 5.56 Å². The first kappa shape index (κ1) is 16.2. The maximum Gasteiger partial charge on any atom is 0.0236 e. The summed E-state index contributed by atoms with van der Waals surface area (Å²) >= 11 is 0. The molecule has 0 aliphatic rings. The van der Waals surface area contributed by atoms with Crippen LogP contribution >= 0.6 is 0 Å². The van der Waals surface area contributed by atoms with E-state index in [0.29, 0.717) is 6.04 Å². The molecule has 19 heavy (non-hydrogen) atoms. The fourth-order valence-corrected chi connectivity index (χ4v) is 2.08. The van der Waals surface area contributed by atoms with E-state index in [4.69, 9.17) is 5.73 Å². The first-order chi connectivity index (χ1) is 8.80. The Balaban J connectivity index is 2.55. The van der Waals surface area contributed by atoms with Crippen LogP contribution in [-0.2, 0) is 6.54 Å². The molecular weight excluding hydrogens is 232 g/mol. The van der Waals surface area contributed by atoms with E-state index in [1.807, 2.05) is 0 Å². The highest BCUT2D eigenvalue weighted by molar-refractivity contribution is 5.14. The summed E-state index contributed by atoms with van der Waals surface area (Å²) in [5, 5.41) is 0. The lowest BCUT2D eigenvalue weighted by atomic mass is 9.85. The van der Waals surface area contributed by atoms with Crippen molar-refractivity contribution >= 4 is 0 Å². The van der Waals surface area contributed by atoms with Crippen molar-refractivity contribution in [1.29, 1.82) is 0 Å². The summed E-state index contributed by atoms with van der Waals surface area (Å²) in [5.74, 6) is 0. The highest BCUT2D eigenvalue weighted by atomic mass is 15.1. The van der Waals surface area contributed by atoms with Gasteiger partial charge in [-0.25, -0.2) is 0 Å². The molecule has 0 radical (unpaired) electrons. The minimum atomic E-state index is 0.190. The minimum absolute atomic E-state index is 0.190. The van der Waals surface area contributed by atoms with Gasteiger partial charge in [0.2, 0.25) is 0 Å². The van der Waals surface area contributed by atoms with Crippen LogP contribution in [0, 0.1) is 5.41 Å². The Morgan fingerprint density at radius 3 is 2.16 bits per heavy atom. The third-order valence-electron chi connectivity index (χ3n) is 3.80. The number of hydrogen-bond donors (Lipinski definition) is 1. The molecule has 1 aromatic carbocycles. The molecule has 1 aromatic rings. The van der Waals surface area contributed by atoms with Crippen molar-refractivity contribution in [3.63, 3.8) is 0 Å². The van der Waals surface area contributed by atoms with E-state index in [-0.39, 0.29) is 11.5 Å². The van der Waals surface area contributed by atoms with Crippen LogP contribution in [0.4, 0.5) is 0 Å². The van der Waals surface area contributed by atoms with E-state index in [1.54, 1.807) is 0 Å². The summed E-state index contributed by atoms with van der Waals surface area (Å²) in [6.07, 6.45) is 1.05. The third-order valence-corrected chi connectivity index (χ3v) is 3.80. The number of nitrogens with two attached hydrogens (primary N) is 1. The van der Waals surface area contributed by atoms with E-state index in [0.717, 1.165) is 19.5 Å². The third kappa shape index (κ3) is 5.75. The van der Waals surface area contributed by atoms with Crippen LogP contribution in [0.2, 0.25) is 0 Å². The Kier molecular flexibility index (Phi) is 6.02. The van der Waals surface area contributed by atoms with Gasteiger partial charge < -0.3 is 5.73 Å². The second-order valence-electron chi connectivity index (χ2n) is 6.81. The lowest BCUT2D eigenvalue weighted by Crippen LogP contribution is -2.40. The summed E-state index contributed by atoms with van der Waals surface area (Å²) in [6.45, 7) is 13.2. The molecule has 1 atom stereocenters. The van der Waals surface area contributed by atoms with Gasteiger partial charge in [0.25, 0.3) is 0 Å². The van der Waals surface area contributed by atoms with Crippen LogP contribution in [-0.4, -0.2) is 23.5 Å². The Hall–Kier alpha value is -0.860. The second kappa shape index (κ2) is 7.06. The largest absolute Gasteiger partial charge is 0.327 e. The van der Waals surface area contributed by atoms with Crippen molar-refractivity contribution in [2.75, 3.05) is 6.54 Å². The molecule has 1 rings (SSSR count). The zero-order valence-electron chi connectivity index (χ0n) is 13.2. The molecule has 2 N–H and O–H groups in total. The van der Waals surface area contributed by atoms with Crippen molar-refractivity contribution in [2.45, 2.75) is 59.7 Å². The predicted molar refractivity (Wildman–Crippen MR) is 84.0 cm³/mol. The van der Waals surface area contributed by atoms with E-state index in [9.17, 15) is 0 Å². The quantitative estimate of drug-likeness (QED) is 0.847. The highest BCUT2D eigenvalue weighted by Gasteiger charge is 2.21.